The summed E-state index contributed by atoms with van der Waals surface area (Å²) in [6.07, 6.45) is 4.43. The normalized spacial score (nSPS) is 15.7. The van der Waals surface area contributed by atoms with Gasteiger partial charge in [-0.1, -0.05) is 19.1 Å². The van der Waals surface area contributed by atoms with Crippen molar-refractivity contribution in [2.45, 2.75) is 45.4 Å². The Kier molecular flexibility index (Phi) is 5.68. The zero-order chi connectivity index (χ0) is 16.1. The number of hydrogen-bond donors (Lipinski definition) is 1. The number of hydrogen-bond acceptors (Lipinski definition) is 4. The Morgan fingerprint density at radius 3 is 2.83 bits per heavy atom. The second-order valence-electron chi connectivity index (χ2n) is 6.05. The fourth-order valence-corrected chi connectivity index (χ4v) is 4.59. The molecule has 124 valence electrons. The van der Waals surface area contributed by atoms with E-state index in [2.05, 4.69) is 30.4 Å². The van der Waals surface area contributed by atoms with Crippen molar-refractivity contribution in [3.63, 3.8) is 0 Å². The van der Waals surface area contributed by atoms with E-state index in [1.54, 1.807) is 0 Å². The maximum absolute atomic E-state index is 5.61. The number of benzene rings is 1. The standard InChI is InChI=1S/C19H26N2OS/c1-3-17-19(15-8-10-20-11-9-15)23-18(21-17)13-14-6-5-7-16(12-14)22-4-2/h5-7,12,15,20H,3-4,8-11,13H2,1-2H3. The van der Waals surface area contributed by atoms with Gasteiger partial charge in [-0.05, 0) is 62.9 Å². The van der Waals surface area contributed by atoms with Crippen molar-refractivity contribution in [2.75, 3.05) is 19.7 Å². The van der Waals surface area contributed by atoms with Crippen LogP contribution in [0.4, 0.5) is 0 Å². The number of aryl methyl sites for hydroxylation is 1. The third-order valence-electron chi connectivity index (χ3n) is 4.38. The molecule has 1 saturated heterocycles. The van der Waals surface area contributed by atoms with Gasteiger partial charge in [-0.3, -0.25) is 0 Å². The van der Waals surface area contributed by atoms with Gasteiger partial charge in [-0.2, -0.15) is 0 Å². The molecule has 2 heterocycles. The predicted molar refractivity (Wildman–Crippen MR) is 96.8 cm³/mol. The number of nitrogens with zero attached hydrogens (tertiary/aromatic N) is 1. The molecule has 0 amide bonds. The molecule has 3 nitrogen and oxygen atoms in total. The molecule has 1 fully saturated rings. The molecule has 1 aromatic heterocycles. The number of aromatic nitrogens is 1. The van der Waals surface area contributed by atoms with Crippen LogP contribution in [0.2, 0.25) is 0 Å². The monoisotopic (exact) mass is 330 g/mol. The lowest BCUT2D eigenvalue weighted by Crippen LogP contribution is -2.26. The molecule has 4 heteroatoms. The first kappa shape index (κ1) is 16.5. The van der Waals surface area contributed by atoms with Gasteiger partial charge in [-0.15, -0.1) is 11.3 Å². The molecule has 0 atom stereocenters. The van der Waals surface area contributed by atoms with Gasteiger partial charge in [0.25, 0.3) is 0 Å². The van der Waals surface area contributed by atoms with E-state index in [9.17, 15) is 0 Å². The second-order valence-corrected chi connectivity index (χ2v) is 7.17. The van der Waals surface area contributed by atoms with Gasteiger partial charge in [0.1, 0.15) is 5.75 Å². The summed E-state index contributed by atoms with van der Waals surface area (Å²) in [7, 11) is 0. The van der Waals surface area contributed by atoms with Crippen LogP contribution in [0.1, 0.15) is 53.7 Å². The van der Waals surface area contributed by atoms with Crippen molar-refractivity contribution in [1.82, 2.24) is 10.3 Å². The van der Waals surface area contributed by atoms with Crippen molar-refractivity contribution < 1.29 is 4.74 Å². The van der Waals surface area contributed by atoms with Crippen LogP contribution in [0.25, 0.3) is 0 Å². The highest BCUT2D eigenvalue weighted by Gasteiger charge is 2.21. The van der Waals surface area contributed by atoms with Crippen LogP contribution in [0.3, 0.4) is 0 Å². The first-order valence-corrected chi connectivity index (χ1v) is 9.52. The van der Waals surface area contributed by atoms with Crippen LogP contribution in [0.5, 0.6) is 5.75 Å². The topological polar surface area (TPSA) is 34.1 Å². The van der Waals surface area contributed by atoms with Crippen molar-refractivity contribution in [3.8, 4) is 5.75 Å². The summed E-state index contributed by atoms with van der Waals surface area (Å²) in [6.45, 7) is 7.22. The molecule has 0 bridgehead atoms. The molecule has 0 unspecified atom stereocenters. The first-order valence-electron chi connectivity index (χ1n) is 8.71. The number of piperidine rings is 1. The average molecular weight is 330 g/mol. The average Bonchev–Trinajstić information content (AvgIpc) is 2.99. The lowest BCUT2D eigenvalue weighted by atomic mass is 9.95. The van der Waals surface area contributed by atoms with Crippen molar-refractivity contribution >= 4 is 11.3 Å². The van der Waals surface area contributed by atoms with Crippen molar-refractivity contribution in [3.05, 3.63) is 45.4 Å². The number of rotatable bonds is 6. The smallest absolute Gasteiger partial charge is 0.119 e. The maximum Gasteiger partial charge on any atom is 0.119 e. The largest absolute Gasteiger partial charge is 0.494 e. The summed E-state index contributed by atoms with van der Waals surface area (Å²) >= 11 is 1.92. The summed E-state index contributed by atoms with van der Waals surface area (Å²) in [5.74, 6) is 1.66. The molecular formula is C19H26N2OS. The molecule has 1 aliphatic rings. The van der Waals surface area contributed by atoms with Gasteiger partial charge in [0.15, 0.2) is 0 Å². The molecule has 0 radical (unpaired) electrons. The van der Waals surface area contributed by atoms with Crippen molar-refractivity contribution in [2.24, 2.45) is 0 Å². The first-order chi connectivity index (χ1) is 11.3. The van der Waals surface area contributed by atoms with E-state index in [-0.39, 0.29) is 0 Å². The Hall–Kier alpha value is -1.39. The van der Waals surface area contributed by atoms with Gasteiger partial charge in [-0.25, -0.2) is 4.98 Å². The molecular weight excluding hydrogens is 304 g/mol. The zero-order valence-electron chi connectivity index (χ0n) is 14.1. The van der Waals surface area contributed by atoms with Crippen LogP contribution >= 0.6 is 11.3 Å². The third-order valence-corrected chi connectivity index (χ3v) is 5.64. The van der Waals surface area contributed by atoms with Gasteiger partial charge in [0.2, 0.25) is 0 Å². The molecule has 23 heavy (non-hydrogen) atoms. The highest BCUT2D eigenvalue weighted by molar-refractivity contribution is 7.11. The number of nitrogens with one attached hydrogen (secondary N) is 1. The minimum absolute atomic E-state index is 0.701. The summed E-state index contributed by atoms with van der Waals surface area (Å²) in [5.41, 5.74) is 2.60. The van der Waals surface area contributed by atoms with E-state index in [4.69, 9.17) is 9.72 Å². The molecule has 1 N–H and O–H groups in total. The molecule has 0 spiro atoms. The maximum atomic E-state index is 5.61. The van der Waals surface area contributed by atoms with E-state index in [1.165, 1.54) is 34.0 Å². The lowest BCUT2D eigenvalue weighted by Gasteiger charge is -2.22. The highest BCUT2D eigenvalue weighted by Crippen LogP contribution is 2.34. The fourth-order valence-electron chi connectivity index (χ4n) is 3.23. The van der Waals surface area contributed by atoms with Crippen LogP contribution in [-0.2, 0) is 12.8 Å². The Balaban J connectivity index is 1.77. The summed E-state index contributed by atoms with van der Waals surface area (Å²) in [4.78, 5) is 6.46. The molecule has 0 aliphatic carbocycles. The second kappa shape index (κ2) is 7.93. The van der Waals surface area contributed by atoms with E-state index < -0.39 is 0 Å². The Labute approximate surface area is 143 Å². The minimum Gasteiger partial charge on any atom is -0.494 e. The minimum atomic E-state index is 0.701. The summed E-state index contributed by atoms with van der Waals surface area (Å²) < 4.78 is 5.61. The lowest BCUT2D eigenvalue weighted by molar-refractivity contribution is 0.340. The third kappa shape index (κ3) is 4.12. The predicted octanol–water partition coefficient (Wildman–Crippen LogP) is 4.16. The molecule has 1 aromatic carbocycles. The van der Waals surface area contributed by atoms with Crippen LogP contribution in [0.15, 0.2) is 24.3 Å². The molecule has 1 aliphatic heterocycles. The van der Waals surface area contributed by atoms with Gasteiger partial charge < -0.3 is 10.1 Å². The van der Waals surface area contributed by atoms with E-state index >= 15 is 0 Å². The van der Waals surface area contributed by atoms with Crippen LogP contribution in [0, 0.1) is 0 Å². The zero-order valence-corrected chi connectivity index (χ0v) is 14.9. The fraction of sp³-hybridized carbons (Fsp3) is 0.526. The van der Waals surface area contributed by atoms with E-state index in [1.807, 2.05) is 24.3 Å². The Morgan fingerprint density at radius 2 is 2.09 bits per heavy atom. The van der Waals surface area contributed by atoms with Gasteiger partial charge >= 0.3 is 0 Å². The molecule has 3 rings (SSSR count). The number of thiazole rings is 1. The van der Waals surface area contributed by atoms with Gasteiger partial charge in [0, 0.05) is 11.3 Å². The molecule has 0 saturated carbocycles. The van der Waals surface area contributed by atoms with E-state index in [0.717, 1.165) is 31.7 Å². The van der Waals surface area contributed by atoms with Gasteiger partial charge in [0.05, 0.1) is 17.3 Å². The van der Waals surface area contributed by atoms with E-state index in [0.29, 0.717) is 12.5 Å². The van der Waals surface area contributed by atoms with Crippen molar-refractivity contribution in [1.29, 1.82) is 0 Å². The Morgan fingerprint density at radius 1 is 1.26 bits per heavy atom. The Bertz CT molecular complexity index is 632. The number of ether oxygens (including phenoxy) is 1. The quantitative estimate of drug-likeness (QED) is 0.863. The van der Waals surface area contributed by atoms with Crippen LogP contribution < -0.4 is 10.1 Å². The summed E-state index contributed by atoms with van der Waals surface area (Å²) in [5, 5.41) is 4.70. The summed E-state index contributed by atoms with van der Waals surface area (Å²) in [6, 6.07) is 8.40. The molecule has 2 aromatic rings. The highest BCUT2D eigenvalue weighted by atomic mass is 32.1. The van der Waals surface area contributed by atoms with Crippen LogP contribution in [-0.4, -0.2) is 24.7 Å². The SMILES string of the molecule is CCOc1cccc(Cc2nc(CC)c(C3CCNCC3)s2)c1.